The monoisotopic (exact) mass is 649 g/mol. The Morgan fingerprint density at radius 3 is 1.58 bits per heavy atom. The average Bonchev–Trinajstić information content (AvgIpc) is 3.00. The molecule has 0 fully saturated rings. The van der Waals surface area contributed by atoms with Gasteiger partial charge in [-0.15, -0.1) is 0 Å². The van der Waals surface area contributed by atoms with Crippen LogP contribution < -0.4 is 5.32 Å². The van der Waals surface area contributed by atoms with Crippen molar-refractivity contribution in [1.29, 1.82) is 0 Å². The molecule has 0 aliphatic carbocycles. The lowest BCUT2D eigenvalue weighted by atomic mass is 10.0. The third-order valence-corrected chi connectivity index (χ3v) is 8.52. The number of rotatable bonds is 31. The number of amides is 1. The SMILES string of the molecule is CC/C=C\C/C=C\C/C=C\C/C=C\C/C=C\CCCCCCCC(=O)NC(CS(=O)(=O)O)C(O)CCCCCCCCCCC. The van der Waals surface area contributed by atoms with E-state index in [-0.39, 0.29) is 5.91 Å². The molecule has 0 heterocycles. The van der Waals surface area contributed by atoms with Crippen LogP contribution in [0.4, 0.5) is 0 Å². The molecule has 2 atom stereocenters. The highest BCUT2D eigenvalue weighted by molar-refractivity contribution is 7.85. The Labute approximate surface area is 277 Å². The van der Waals surface area contributed by atoms with Gasteiger partial charge in [0.1, 0.15) is 0 Å². The van der Waals surface area contributed by atoms with Crippen molar-refractivity contribution in [3.8, 4) is 0 Å². The summed E-state index contributed by atoms with van der Waals surface area (Å²) >= 11 is 0. The molecule has 0 aliphatic heterocycles. The van der Waals surface area contributed by atoms with Gasteiger partial charge in [-0.3, -0.25) is 9.35 Å². The normalized spacial score (nSPS) is 14.1. The first-order chi connectivity index (χ1) is 21.8. The van der Waals surface area contributed by atoms with E-state index in [0.29, 0.717) is 12.8 Å². The predicted octanol–water partition coefficient (Wildman–Crippen LogP) is 10.1. The number of allylic oxidation sites excluding steroid dienone is 10. The second-order valence-electron chi connectivity index (χ2n) is 12.1. The molecule has 0 rings (SSSR count). The Balaban J connectivity index is 3.96. The van der Waals surface area contributed by atoms with E-state index in [4.69, 9.17) is 0 Å². The molecule has 0 radical (unpaired) electrons. The Morgan fingerprint density at radius 1 is 0.622 bits per heavy atom. The maximum absolute atomic E-state index is 12.4. The van der Waals surface area contributed by atoms with Crippen molar-refractivity contribution in [2.24, 2.45) is 0 Å². The van der Waals surface area contributed by atoms with Crippen LogP contribution in [-0.2, 0) is 14.9 Å². The molecule has 3 N–H and O–H groups in total. The van der Waals surface area contributed by atoms with E-state index in [1.54, 1.807) is 0 Å². The number of nitrogens with one attached hydrogen (secondary N) is 1. The van der Waals surface area contributed by atoms with E-state index >= 15 is 0 Å². The second kappa shape index (κ2) is 32.0. The number of carbonyl (C=O) groups is 1. The van der Waals surface area contributed by atoms with Crippen LogP contribution in [0.5, 0.6) is 0 Å². The quantitative estimate of drug-likeness (QED) is 0.0394. The molecule has 2 unspecified atom stereocenters. The van der Waals surface area contributed by atoms with Crippen LogP contribution in [0, 0.1) is 0 Å². The molecular formula is C38H67NO5S. The van der Waals surface area contributed by atoms with Crippen molar-refractivity contribution >= 4 is 16.0 Å². The molecule has 45 heavy (non-hydrogen) atoms. The van der Waals surface area contributed by atoms with E-state index in [1.807, 2.05) is 0 Å². The largest absolute Gasteiger partial charge is 0.391 e. The number of unbranched alkanes of at least 4 members (excludes halogenated alkanes) is 13. The van der Waals surface area contributed by atoms with E-state index < -0.39 is 28.0 Å². The fraction of sp³-hybridized carbons (Fsp3) is 0.711. The van der Waals surface area contributed by atoms with Crippen molar-refractivity contribution < 1.29 is 22.9 Å². The van der Waals surface area contributed by atoms with Gasteiger partial charge in [-0.25, -0.2) is 0 Å². The van der Waals surface area contributed by atoms with Crippen LogP contribution in [0.3, 0.4) is 0 Å². The van der Waals surface area contributed by atoms with Crippen molar-refractivity contribution in [3.05, 3.63) is 60.8 Å². The Hall–Kier alpha value is -1.96. The first-order valence-electron chi connectivity index (χ1n) is 18.0. The summed E-state index contributed by atoms with van der Waals surface area (Å²) in [5, 5.41) is 13.2. The summed E-state index contributed by atoms with van der Waals surface area (Å²) < 4.78 is 32.3. The zero-order valence-corrected chi connectivity index (χ0v) is 29.5. The highest BCUT2D eigenvalue weighted by Crippen LogP contribution is 2.14. The van der Waals surface area contributed by atoms with Crippen LogP contribution in [0.2, 0.25) is 0 Å². The number of aliphatic hydroxyl groups excluding tert-OH is 1. The Kier molecular flexibility index (Phi) is 30.6. The van der Waals surface area contributed by atoms with Crippen molar-refractivity contribution in [2.75, 3.05) is 5.75 Å². The van der Waals surface area contributed by atoms with E-state index in [0.717, 1.165) is 89.9 Å². The van der Waals surface area contributed by atoms with Gasteiger partial charge >= 0.3 is 0 Å². The van der Waals surface area contributed by atoms with Gasteiger partial charge in [0, 0.05) is 6.42 Å². The van der Waals surface area contributed by atoms with Crippen LogP contribution in [0.1, 0.15) is 155 Å². The van der Waals surface area contributed by atoms with Gasteiger partial charge in [0.2, 0.25) is 5.91 Å². The first-order valence-corrected chi connectivity index (χ1v) is 19.6. The van der Waals surface area contributed by atoms with E-state index in [9.17, 15) is 22.9 Å². The molecule has 7 heteroatoms. The molecule has 1 amide bonds. The molecule has 0 aromatic carbocycles. The molecular weight excluding hydrogens is 582 g/mol. The summed E-state index contributed by atoms with van der Waals surface area (Å²) in [4.78, 5) is 12.4. The van der Waals surface area contributed by atoms with Crippen LogP contribution in [0.15, 0.2) is 60.8 Å². The molecule has 6 nitrogen and oxygen atoms in total. The molecule has 0 bridgehead atoms. The molecule has 0 aromatic heterocycles. The molecule has 0 saturated heterocycles. The number of hydrogen-bond acceptors (Lipinski definition) is 4. The van der Waals surface area contributed by atoms with Crippen molar-refractivity contribution in [2.45, 2.75) is 167 Å². The maximum atomic E-state index is 12.4. The fourth-order valence-corrected chi connectivity index (χ4v) is 5.83. The van der Waals surface area contributed by atoms with Crippen LogP contribution >= 0.6 is 0 Å². The minimum Gasteiger partial charge on any atom is -0.391 e. The van der Waals surface area contributed by atoms with Crippen molar-refractivity contribution in [3.63, 3.8) is 0 Å². The third-order valence-electron chi connectivity index (χ3n) is 7.74. The lowest BCUT2D eigenvalue weighted by Gasteiger charge is -2.23. The fourth-order valence-electron chi connectivity index (χ4n) is 5.07. The third kappa shape index (κ3) is 33.2. The molecule has 0 aromatic rings. The minimum atomic E-state index is -4.31. The first kappa shape index (κ1) is 43.0. The van der Waals surface area contributed by atoms with E-state index in [1.165, 1.54) is 38.5 Å². The Bertz CT molecular complexity index is 936. The average molecular weight is 650 g/mol. The van der Waals surface area contributed by atoms with E-state index in [2.05, 4.69) is 79.9 Å². The predicted molar refractivity (Wildman–Crippen MR) is 193 cm³/mol. The molecule has 0 saturated carbocycles. The topological polar surface area (TPSA) is 104 Å². The maximum Gasteiger partial charge on any atom is 0.266 e. The van der Waals surface area contributed by atoms with Gasteiger partial charge in [-0.05, 0) is 57.8 Å². The Morgan fingerprint density at radius 2 is 1.07 bits per heavy atom. The number of hydrogen-bond donors (Lipinski definition) is 3. The standard InChI is InChI=1S/C38H67NO5S/c1-3-5-7-9-11-13-14-15-16-17-18-19-20-21-22-23-24-26-28-30-32-34-38(41)39-36(35-45(42,43)44)37(40)33-31-29-27-25-12-10-8-6-4-2/h5,7,11,13,15-16,18-19,21-22,36-37,40H,3-4,6,8-10,12,14,17,20,23-35H2,1-2H3,(H,39,41)(H,42,43,44)/b7-5-,13-11-,16-15-,19-18-,22-21-. The van der Waals surface area contributed by atoms with Gasteiger partial charge in [-0.1, -0.05) is 152 Å². The lowest BCUT2D eigenvalue weighted by molar-refractivity contribution is -0.122. The van der Waals surface area contributed by atoms with Gasteiger partial charge in [0.05, 0.1) is 17.9 Å². The zero-order chi connectivity index (χ0) is 33.3. The van der Waals surface area contributed by atoms with Gasteiger partial charge in [-0.2, -0.15) is 8.42 Å². The molecule has 0 spiro atoms. The molecule has 0 aliphatic rings. The zero-order valence-electron chi connectivity index (χ0n) is 28.7. The second-order valence-corrected chi connectivity index (χ2v) is 13.6. The minimum absolute atomic E-state index is 0.270. The lowest BCUT2D eigenvalue weighted by Crippen LogP contribution is -2.47. The van der Waals surface area contributed by atoms with Crippen LogP contribution in [0.25, 0.3) is 0 Å². The summed E-state index contributed by atoms with van der Waals surface area (Å²) in [7, 11) is -4.31. The van der Waals surface area contributed by atoms with Crippen LogP contribution in [-0.4, -0.2) is 41.9 Å². The summed E-state index contributed by atoms with van der Waals surface area (Å²) in [6.07, 6.45) is 43.1. The summed E-state index contributed by atoms with van der Waals surface area (Å²) in [5.41, 5.74) is 0. The highest BCUT2D eigenvalue weighted by Gasteiger charge is 2.26. The number of aliphatic hydroxyl groups is 1. The summed E-state index contributed by atoms with van der Waals surface area (Å²) in [5.74, 6) is -0.929. The number of carbonyl (C=O) groups excluding carboxylic acids is 1. The van der Waals surface area contributed by atoms with Gasteiger partial charge in [0.25, 0.3) is 10.1 Å². The van der Waals surface area contributed by atoms with Gasteiger partial charge in [0.15, 0.2) is 0 Å². The van der Waals surface area contributed by atoms with Gasteiger partial charge < -0.3 is 10.4 Å². The summed E-state index contributed by atoms with van der Waals surface area (Å²) in [6, 6.07) is -0.981. The summed E-state index contributed by atoms with van der Waals surface area (Å²) in [6.45, 7) is 4.36. The smallest absolute Gasteiger partial charge is 0.266 e. The molecule has 260 valence electrons. The van der Waals surface area contributed by atoms with Crippen molar-refractivity contribution in [1.82, 2.24) is 5.32 Å². The highest BCUT2D eigenvalue weighted by atomic mass is 32.2.